The molecule has 2 heteroatoms. The SMILES string of the molecule is CCCCCC(C)(O)c1csc(C)c1. The smallest absolute Gasteiger partial charge is 0.0876 e. The molecule has 80 valence electrons. The van der Waals surface area contributed by atoms with Crippen LogP contribution in [0, 0.1) is 6.92 Å². The summed E-state index contributed by atoms with van der Waals surface area (Å²) in [4.78, 5) is 1.27. The highest BCUT2D eigenvalue weighted by Gasteiger charge is 2.22. The summed E-state index contributed by atoms with van der Waals surface area (Å²) in [6, 6.07) is 2.09. The van der Waals surface area contributed by atoms with Crippen LogP contribution in [0.1, 0.15) is 50.0 Å². The Morgan fingerprint density at radius 3 is 2.64 bits per heavy atom. The third-order valence-electron chi connectivity index (χ3n) is 2.62. The fourth-order valence-electron chi connectivity index (χ4n) is 1.59. The second kappa shape index (κ2) is 4.94. The van der Waals surface area contributed by atoms with E-state index in [1.54, 1.807) is 11.3 Å². The van der Waals surface area contributed by atoms with E-state index in [2.05, 4.69) is 25.3 Å². The molecule has 0 radical (unpaired) electrons. The molecule has 1 atom stereocenters. The number of rotatable bonds is 5. The van der Waals surface area contributed by atoms with E-state index in [1.165, 1.54) is 17.7 Å². The van der Waals surface area contributed by atoms with Crippen molar-refractivity contribution in [1.29, 1.82) is 0 Å². The molecule has 1 nitrogen and oxygen atoms in total. The Kier molecular flexibility index (Phi) is 4.14. The Labute approximate surface area is 90.8 Å². The van der Waals surface area contributed by atoms with E-state index in [9.17, 15) is 5.11 Å². The van der Waals surface area contributed by atoms with Gasteiger partial charge in [-0.25, -0.2) is 0 Å². The van der Waals surface area contributed by atoms with Gasteiger partial charge in [0.15, 0.2) is 0 Å². The molecule has 1 N–H and O–H groups in total. The first kappa shape index (κ1) is 11.7. The first-order valence-corrected chi connectivity index (χ1v) is 6.22. The van der Waals surface area contributed by atoms with Crippen LogP contribution in [0.25, 0.3) is 0 Å². The molecule has 0 fully saturated rings. The highest BCUT2D eigenvalue weighted by Crippen LogP contribution is 2.30. The number of hydrogen-bond donors (Lipinski definition) is 1. The molecule has 0 saturated heterocycles. The zero-order valence-electron chi connectivity index (χ0n) is 9.34. The van der Waals surface area contributed by atoms with Crippen LogP contribution in [0.4, 0.5) is 0 Å². The lowest BCUT2D eigenvalue weighted by Crippen LogP contribution is -2.19. The predicted octanol–water partition coefficient (Wildman–Crippen LogP) is 3.84. The van der Waals surface area contributed by atoms with Gasteiger partial charge in [-0.05, 0) is 37.3 Å². The molecular weight excluding hydrogens is 192 g/mol. The largest absolute Gasteiger partial charge is 0.385 e. The van der Waals surface area contributed by atoms with Crippen molar-refractivity contribution < 1.29 is 5.11 Å². The minimum atomic E-state index is -0.625. The maximum absolute atomic E-state index is 10.2. The van der Waals surface area contributed by atoms with Crippen LogP contribution in [0.5, 0.6) is 0 Å². The quantitative estimate of drug-likeness (QED) is 0.735. The van der Waals surface area contributed by atoms with Gasteiger partial charge in [0.2, 0.25) is 0 Å². The fourth-order valence-corrected chi connectivity index (χ4v) is 2.42. The summed E-state index contributed by atoms with van der Waals surface area (Å²) in [6.07, 6.45) is 4.40. The van der Waals surface area contributed by atoms with Crippen molar-refractivity contribution >= 4 is 11.3 Å². The average Bonchev–Trinajstić information content (AvgIpc) is 2.53. The Balaban J connectivity index is 2.56. The molecule has 0 spiro atoms. The van der Waals surface area contributed by atoms with Crippen molar-refractivity contribution in [3.8, 4) is 0 Å². The molecule has 1 aromatic rings. The maximum atomic E-state index is 10.2. The van der Waals surface area contributed by atoms with E-state index < -0.39 is 5.60 Å². The highest BCUT2D eigenvalue weighted by atomic mass is 32.1. The summed E-state index contributed by atoms with van der Waals surface area (Å²) in [5, 5.41) is 12.3. The molecule has 0 amide bonds. The first-order valence-electron chi connectivity index (χ1n) is 5.34. The normalized spacial score (nSPS) is 15.4. The van der Waals surface area contributed by atoms with E-state index in [0.29, 0.717) is 0 Å². The fraction of sp³-hybridized carbons (Fsp3) is 0.667. The minimum absolute atomic E-state index is 0.625. The first-order chi connectivity index (χ1) is 6.56. The van der Waals surface area contributed by atoms with E-state index in [-0.39, 0.29) is 0 Å². The number of aliphatic hydroxyl groups is 1. The molecule has 0 aliphatic heterocycles. The number of thiophene rings is 1. The lowest BCUT2D eigenvalue weighted by atomic mass is 9.92. The van der Waals surface area contributed by atoms with E-state index in [4.69, 9.17) is 0 Å². The maximum Gasteiger partial charge on any atom is 0.0876 e. The molecule has 1 aromatic heterocycles. The molecule has 0 aliphatic carbocycles. The number of hydrogen-bond acceptors (Lipinski definition) is 2. The van der Waals surface area contributed by atoms with Crippen LogP contribution < -0.4 is 0 Å². The summed E-state index contributed by atoms with van der Waals surface area (Å²) in [6.45, 7) is 6.18. The number of aryl methyl sites for hydroxylation is 1. The van der Waals surface area contributed by atoms with Gasteiger partial charge in [0.05, 0.1) is 5.60 Å². The van der Waals surface area contributed by atoms with Gasteiger partial charge in [0, 0.05) is 4.88 Å². The molecule has 1 heterocycles. The molecule has 1 rings (SSSR count). The average molecular weight is 212 g/mol. The minimum Gasteiger partial charge on any atom is -0.385 e. The summed E-state index contributed by atoms with van der Waals surface area (Å²) in [5.41, 5.74) is 0.455. The third-order valence-corrected chi connectivity index (χ3v) is 3.48. The lowest BCUT2D eigenvalue weighted by Gasteiger charge is -2.22. The topological polar surface area (TPSA) is 20.2 Å². The van der Waals surface area contributed by atoms with Gasteiger partial charge in [-0.1, -0.05) is 26.2 Å². The van der Waals surface area contributed by atoms with Gasteiger partial charge in [-0.2, -0.15) is 0 Å². The zero-order chi connectivity index (χ0) is 10.6. The van der Waals surface area contributed by atoms with Gasteiger partial charge in [-0.3, -0.25) is 0 Å². The van der Waals surface area contributed by atoms with Crippen molar-refractivity contribution in [3.05, 3.63) is 21.9 Å². The molecule has 0 saturated carbocycles. The van der Waals surface area contributed by atoms with E-state index in [0.717, 1.165) is 18.4 Å². The molecule has 0 aliphatic rings. The van der Waals surface area contributed by atoms with Crippen molar-refractivity contribution in [1.82, 2.24) is 0 Å². The Hall–Kier alpha value is -0.340. The lowest BCUT2D eigenvalue weighted by molar-refractivity contribution is 0.0454. The zero-order valence-corrected chi connectivity index (χ0v) is 10.2. The molecule has 0 bridgehead atoms. The van der Waals surface area contributed by atoms with Crippen LogP contribution in [-0.2, 0) is 5.60 Å². The van der Waals surface area contributed by atoms with Crippen LogP contribution in [-0.4, -0.2) is 5.11 Å². The standard InChI is InChI=1S/C12H20OS/c1-4-5-6-7-12(3,13)11-8-10(2)14-9-11/h8-9,13H,4-7H2,1-3H3. The van der Waals surface area contributed by atoms with Gasteiger partial charge in [0.1, 0.15) is 0 Å². The van der Waals surface area contributed by atoms with E-state index in [1.807, 2.05) is 6.92 Å². The third kappa shape index (κ3) is 3.10. The van der Waals surface area contributed by atoms with Crippen molar-refractivity contribution in [2.45, 2.75) is 52.1 Å². The van der Waals surface area contributed by atoms with Gasteiger partial charge in [0.25, 0.3) is 0 Å². The monoisotopic (exact) mass is 212 g/mol. The summed E-state index contributed by atoms with van der Waals surface area (Å²) >= 11 is 1.71. The second-order valence-corrected chi connectivity index (χ2v) is 5.29. The van der Waals surface area contributed by atoms with Crippen LogP contribution in [0.15, 0.2) is 11.4 Å². The number of unbranched alkanes of at least 4 members (excludes halogenated alkanes) is 2. The Morgan fingerprint density at radius 2 is 2.14 bits per heavy atom. The summed E-state index contributed by atoms with van der Waals surface area (Å²) in [5.74, 6) is 0. The Morgan fingerprint density at radius 1 is 1.43 bits per heavy atom. The van der Waals surface area contributed by atoms with Crippen LogP contribution >= 0.6 is 11.3 Å². The summed E-state index contributed by atoms with van der Waals surface area (Å²) < 4.78 is 0. The van der Waals surface area contributed by atoms with E-state index >= 15 is 0 Å². The molecule has 1 unspecified atom stereocenters. The highest BCUT2D eigenvalue weighted by molar-refractivity contribution is 7.10. The van der Waals surface area contributed by atoms with Gasteiger partial charge in [-0.15, -0.1) is 11.3 Å². The molecular formula is C12H20OS. The van der Waals surface area contributed by atoms with Crippen molar-refractivity contribution in [3.63, 3.8) is 0 Å². The second-order valence-electron chi connectivity index (χ2n) is 4.18. The van der Waals surface area contributed by atoms with Crippen molar-refractivity contribution in [2.75, 3.05) is 0 Å². The van der Waals surface area contributed by atoms with Gasteiger partial charge >= 0.3 is 0 Å². The van der Waals surface area contributed by atoms with Crippen molar-refractivity contribution in [2.24, 2.45) is 0 Å². The summed E-state index contributed by atoms with van der Waals surface area (Å²) in [7, 11) is 0. The van der Waals surface area contributed by atoms with Crippen LogP contribution in [0.2, 0.25) is 0 Å². The molecule has 0 aromatic carbocycles. The van der Waals surface area contributed by atoms with Crippen LogP contribution in [0.3, 0.4) is 0 Å². The Bertz CT molecular complexity index is 276. The molecule has 14 heavy (non-hydrogen) atoms. The predicted molar refractivity (Wildman–Crippen MR) is 62.8 cm³/mol. The van der Waals surface area contributed by atoms with Gasteiger partial charge < -0.3 is 5.11 Å².